The summed E-state index contributed by atoms with van der Waals surface area (Å²) in [4.78, 5) is 12.0. The number of benzene rings is 1. The Morgan fingerprint density at radius 3 is 2.63 bits per heavy atom. The summed E-state index contributed by atoms with van der Waals surface area (Å²) in [6.07, 6.45) is 1.93. The molecule has 19 heavy (non-hydrogen) atoms. The van der Waals surface area contributed by atoms with Crippen molar-refractivity contribution in [2.45, 2.75) is 26.2 Å². The molecule has 1 aromatic rings. The van der Waals surface area contributed by atoms with Crippen molar-refractivity contribution in [3.8, 4) is 6.07 Å². The van der Waals surface area contributed by atoms with E-state index >= 15 is 0 Å². The van der Waals surface area contributed by atoms with Crippen molar-refractivity contribution in [1.29, 1.82) is 5.26 Å². The van der Waals surface area contributed by atoms with E-state index in [1.165, 1.54) is 12.1 Å². The molecular formula is C15H17FN2O. The van der Waals surface area contributed by atoms with Gasteiger partial charge in [-0.25, -0.2) is 4.39 Å². The van der Waals surface area contributed by atoms with Gasteiger partial charge in [-0.1, -0.05) is 19.1 Å². The molecule has 0 bridgehead atoms. The van der Waals surface area contributed by atoms with E-state index in [0.29, 0.717) is 31.7 Å². The van der Waals surface area contributed by atoms with Gasteiger partial charge in [0.1, 0.15) is 11.2 Å². The molecule has 0 radical (unpaired) electrons. The maximum Gasteiger partial charge on any atom is 0.240 e. The minimum Gasteiger partial charge on any atom is -0.354 e. The number of carbonyl (C=O) groups is 1. The largest absolute Gasteiger partial charge is 0.354 e. The van der Waals surface area contributed by atoms with Crippen LogP contribution in [0, 0.1) is 28.5 Å². The van der Waals surface area contributed by atoms with Gasteiger partial charge in [0.25, 0.3) is 0 Å². The fourth-order valence-electron chi connectivity index (χ4n) is 2.60. The van der Waals surface area contributed by atoms with Crippen molar-refractivity contribution >= 4 is 5.91 Å². The van der Waals surface area contributed by atoms with Crippen molar-refractivity contribution in [2.24, 2.45) is 11.3 Å². The Hall–Kier alpha value is -1.89. The molecule has 1 fully saturated rings. The highest BCUT2D eigenvalue weighted by Crippen LogP contribution is 2.44. The summed E-state index contributed by atoms with van der Waals surface area (Å²) in [6.45, 7) is 2.52. The number of carbonyl (C=O) groups excluding carboxylic acids is 1. The Morgan fingerprint density at radius 1 is 1.47 bits per heavy atom. The van der Waals surface area contributed by atoms with Crippen LogP contribution in [0.25, 0.3) is 0 Å². The normalized spacial score (nSPS) is 25.2. The Kier molecular flexibility index (Phi) is 3.84. The van der Waals surface area contributed by atoms with E-state index in [1.54, 1.807) is 12.1 Å². The zero-order valence-corrected chi connectivity index (χ0v) is 10.9. The van der Waals surface area contributed by atoms with E-state index in [-0.39, 0.29) is 11.7 Å². The Bertz CT molecular complexity index is 498. The standard InChI is InChI=1S/C15H17FN2O/c1-11-8-15(9-11,10-17)14(19)18-7-6-12-2-4-13(16)5-3-12/h2-5,11H,6-9H2,1H3,(H,18,19). The van der Waals surface area contributed by atoms with Crippen LogP contribution in [0.2, 0.25) is 0 Å². The molecular weight excluding hydrogens is 243 g/mol. The van der Waals surface area contributed by atoms with Gasteiger partial charge >= 0.3 is 0 Å². The zero-order chi connectivity index (χ0) is 13.9. The lowest BCUT2D eigenvalue weighted by Gasteiger charge is -2.39. The van der Waals surface area contributed by atoms with E-state index in [1.807, 2.05) is 6.92 Å². The minimum atomic E-state index is -0.817. The van der Waals surface area contributed by atoms with Gasteiger partial charge in [0.05, 0.1) is 6.07 Å². The first kappa shape index (κ1) is 13.5. The number of nitrogens with one attached hydrogen (secondary N) is 1. The highest BCUT2D eigenvalue weighted by Gasteiger charge is 2.48. The molecule has 0 aliphatic heterocycles. The molecule has 1 aliphatic carbocycles. The predicted molar refractivity (Wildman–Crippen MR) is 69.6 cm³/mol. The van der Waals surface area contributed by atoms with Gasteiger partial charge in [0.2, 0.25) is 5.91 Å². The van der Waals surface area contributed by atoms with Gasteiger partial charge in [0.15, 0.2) is 0 Å². The first-order valence-electron chi connectivity index (χ1n) is 6.50. The topological polar surface area (TPSA) is 52.9 Å². The number of hydrogen-bond donors (Lipinski definition) is 1. The van der Waals surface area contributed by atoms with Crippen LogP contribution in [-0.2, 0) is 11.2 Å². The van der Waals surface area contributed by atoms with Crippen molar-refractivity contribution in [2.75, 3.05) is 6.54 Å². The summed E-state index contributed by atoms with van der Waals surface area (Å²) in [6, 6.07) is 8.35. The van der Waals surface area contributed by atoms with Gasteiger partial charge in [-0.15, -0.1) is 0 Å². The van der Waals surface area contributed by atoms with Gasteiger partial charge < -0.3 is 5.32 Å². The molecule has 0 unspecified atom stereocenters. The van der Waals surface area contributed by atoms with Crippen LogP contribution in [0.5, 0.6) is 0 Å². The fraction of sp³-hybridized carbons (Fsp3) is 0.467. The van der Waals surface area contributed by atoms with E-state index < -0.39 is 5.41 Å². The monoisotopic (exact) mass is 260 g/mol. The highest BCUT2D eigenvalue weighted by molar-refractivity contribution is 5.86. The van der Waals surface area contributed by atoms with Gasteiger partial charge in [-0.3, -0.25) is 4.79 Å². The molecule has 0 atom stereocenters. The van der Waals surface area contributed by atoms with Crippen molar-refractivity contribution in [3.05, 3.63) is 35.6 Å². The van der Waals surface area contributed by atoms with Gasteiger partial charge in [0, 0.05) is 6.54 Å². The van der Waals surface area contributed by atoms with E-state index in [0.717, 1.165) is 5.56 Å². The Labute approximate surface area is 112 Å². The van der Waals surface area contributed by atoms with Crippen molar-refractivity contribution in [3.63, 3.8) is 0 Å². The van der Waals surface area contributed by atoms with Gasteiger partial charge in [-0.05, 0) is 42.9 Å². The van der Waals surface area contributed by atoms with Crippen LogP contribution in [0.3, 0.4) is 0 Å². The molecule has 0 heterocycles. The first-order valence-corrected chi connectivity index (χ1v) is 6.50. The molecule has 0 saturated heterocycles. The second-order valence-corrected chi connectivity index (χ2v) is 5.34. The third-order valence-corrected chi connectivity index (χ3v) is 3.65. The van der Waals surface area contributed by atoms with E-state index in [2.05, 4.69) is 11.4 Å². The molecule has 1 amide bonds. The maximum atomic E-state index is 12.7. The van der Waals surface area contributed by atoms with Crippen molar-refractivity contribution in [1.82, 2.24) is 5.32 Å². The number of amides is 1. The van der Waals surface area contributed by atoms with Crippen LogP contribution >= 0.6 is 0 Å². The molecule has 4 heteroatoms. The summed E-state index contributed by atoms with van der Waals surface area (Å²) in [5.41, 5.74) is 0.150. The van der Waals surface area contributed by atoms with Crippen LogP contribution in [-0.4, -0.2) is 12.5 Å². The maximum absolute atomic E-state index is 12.7. The van der Waals surface area contributed by atoms with Crippen LogP contribution in [0.1, 0.15) is 25.3 Å². The minimum absolute atomic E-state index is 0.171. The predicted octanol–water partition coefficient (Wildman–Crippen LogP) is 2.42. The molecule has 1 aromatic carbocycles. The van der Waals surface area contributed by atoms with Crippen LogP contribution < -0.4 is 5.32 Å². The lowest BCUT2D eigenvalue weighted by atomic mass is 9.63. The first-order chi connectivity index (χ1) is 9.05. The molecule has 100 valence electrons. The number of halogens is 1. The summed E-state index contributed by atoms with van der Waals surface area (Å²) < 4.78 is 12.7. The summed E-state index contributed by atoms with van der Waals surface area (Å²) >= 11 is 0. The Balaban J connectivity index is 1.81. The SMILES string of the molecule is CC1CC(C#N)(C(=O)NCCc2ccc(F)cc2)C1. The third kappa shape index (κ3) is 2.93. The molecule has 0 spiro atoms. The summed E-state index contributed by atoms with van der Waals surface area (Å²) in [5.74, 6) is 0.0115. The quantitative estimate of drug-likeness (QED) is 0.904. The molecule has 2 rings (SSSR count). The number of hydrogen-bond acceptors (Lipinski definition) is 2. The average Bonchev–Trinajstić information content (AvgIpc) is 2.37. The zero-order valence-electron chi connectivity index (χ0n) is 10.9. The van der Waals surface area contributed by atoms with E-state index in [4.69, 9.17) is 5.26 Å². The second-order valence-electron chi connectivity index (χ2n) is 5.34. The van der Waals surface area contributed by atoms with Gasteiger partial charge in [-0.2, -0.15) is 5.26 Å². The Morgan fingerprint density at radius 2 is 2.11 bits per heavy atom. The number of rotatable bonds is 4. The molecule has 3 nitrogen and oxygen atoms in total. The molecule has 1 aliphatic rings. The molecule has 1 saturated carbocycles. The smallest absolute Gasteiger partial charge is 0.240 e. The second kappa shape index (κ2) is 5.40. The van der Waals surface area contributed by atoms with Crippen LogP contribution in [0.4, 0.5) is 4.39 Å². The average molecular weight is 260 g/mol. The van der Waals surface area contributed by atoms with Crippen molar-refractivity contribution < 1.29 is 9.18 Å². The molecule has 1 N–H and O–H groups in total. The fourth-order valence-corrected chi connectivity index (χ4v) is 2.60. The summed E-state index contributed by atoms with van der Waals surface area (Å²) in [5, 5.41) is 11.9. The van der Waals surface area contributed by atoms with Crippen LogP contribution in [0.15, 0.2) is 24.3 Å². The highest BCUT2D eigenvalue weighted by atomic mass is 19.1. The number of nitrogens with zero attached hydrogens (tertiary/aromatic N) is 1. The third-order valence-electron chi connectivity index (χ3n) is 3.65. The number of nitriles is 1. The molecule has 0 aromatic heterocycles. The van der Waals surface area contributed by atoms with E-state index in [9.17, 15) is 9.18 Å². The summed E-state index contributed by atoms with van der Waals surface area (Å²) in [7, 11) is 0. The lowest BCUT2D eigenvalue weighted by Crippen LogP contribution is -2.48. The lowest BCUT2D eigenvalue weighted by molar-refractivity contribution is -0.133.